The number of hydrogen-bond donors (Lipinski definition) is 2. The van der Waals surface area contributed by atoms with E-state index in [9.17, 15) is 18.9 Å². The van der Waals surface area contributed by atoms with Gasteiger partial charge in [0.2, 0.25) is 0 Å². The maximum atomic E-state index is 12.4. The SMILES string of the molecule is CCS(=O)c1ccccc1C(=O)Nc1cnn(C(C)(C)C(=O)O)c1. The molecule has 1 atom stereocenters. The number of amides is 1. The van der Waals surface area contributed by atoms with E-state index in [2.05, 4.69) is 10.4 Å². The Bertz CT molecular complexity index is 798. The first kappa shape index (κ1) is 17.9. The monoisotopic (exact) mass is 349 g/mol. The Balaban J connectivity index is 2.25. The first-order valence-electron chi connectivity index (χ1n) is 7.34. The van der Waals surface area contributed by atoms with E-state index in [1.807, 2.05) is 0 Å². The number of nitrogens with one attached hydrogen (secondary N) is 1. The topological polar surface area (TPSA) is 101 Å². The van der Waals surface area contributed by atoms with Crippen LogP contribution in [0.25, 0.3) is 0 Å². The Morgan fingerprint density at radius 1 is 1.33 bits per heavy atom. The van der Waals surface area contributed by atoms with Crippen molar-refractivity contribution in [3.05, 3.63) is 42.2 Å². The number of hydrogen-bond acceptors (Lipinski definition) is 4. The highest BCUT2D eigenvalue weighted by molar-refractivity contribution is 7.85. The van der Waals surface area contributed by atoms with Crippen molar-refractivity contribution >= 4 is 28.4 Å². The van der Waals surface area contributed by atoms with Gasteiger partial charge >= 0.3 is 5.97 Å². The fourth-order valence-corrected chi connectivity index (χ4v) is 2.95. The Kier molecular flexibility index (Phi) is 5.18. The van der Waals surface area contributed by atoms with Gasteiger partial charge in [0.25, 0.3) is 5.91 Å². The molecule has 128 valence electrons. The number of rotatable bonds is 6. The number of aliphatic carboxylic acids is 1. The Morgan fingerprint density at radius 3 is 2.62 bits per heavy atom. The molecule has 1 aromatic carbocycles. The fourth-order valence-electron chi connectivity index (χ4n) is 2.00. The molecule has 0 bridgehead atoms. The van der Waals surface area contributed by atoms with Crippen LogP contribution in [0.4, 0.5) is 5.69 Å². The molecule has 2 N–H and O–H groups in total. The van der Waals surface area contributed by atoms with E-state index in [0.717, 1.165) is 0 Å². The standard InChI is InChI=1S/C16H19N3O4S/c1-4-24(23)13-8-6-5-7-12(13)14(20)18-11-9-17-19(10-11)16(2,3)15(21)22/h5-10H,4H2,1-3H3,(H,18,20)(H,21,22). The summed E-state index contributed by atoms with van der Waals surface area (Å²) >= 11 is 0. The molecule has 0 fully saturated rings. The lowest BCUT2D eigenvalue weighted by Gasteiger charge is -2.19. The molecule has 8 heteroatoms. The number of aromatic nitrogens is 2. The Labute approximate surface area is 142 Å². The number of carboxylic acid groups (broad SMARTS) is 1. The number of benzene rings is 1. The lowest BCUT2D eigenvalue weighted by atomic mass is 10.1. The summed E-state index contributed by atoms with van der Waals surface area (Å²) in [5.41, 5.74) is -0.542. The first-order chi connectivity index (χ1) is 11.3. The van der Waals surface area contributed by atoms with Gasteiger partial charge < -0.3 is 10.4 Å². The van der Waals surface area contributed by atoms with Crippen molar-refractivity contribution in [2.75, 3.05) is 11.1 Å². The van der Waals surface area contributed by atoms with Crippen molar-refractivity contribution in [2.24, 2.45) is 0 Å². The van der Waals surface area contributed by atoms with Crippen LogP contribution in [0.3, 0.4) is 0 Å². The normalized spacial score (nSPS) is 12.6. The molecule has 1 aromatic heterocycles. The molecule has 0 aliphatic heterocycles. The van der Waals surface area contributed by atoms with E-state index in [-0.39, 0.29) is 0 Å². The summed E-state index contributed by atoms with van der Waals surface area (Å²) in [5.74, 6) is -1.04. The smallest absolute Gasteiger partial charge is 0.331 e. The molecular weight excluding hydrogens is 330 g/mol. The van der Waals surface area contributed by atoms with E-state index in [1.165, 1.54) is 30.9 Å². The summed E-state index contributed by atoms with van der Waals surface area (Å²) < 4.78 is 13.3. The van der Waals surface area contributed by atoms with E-state index in [1.54, 1.807) is 31.2 Å². The van der Waals surface area contributed by atoms with Crippen LogP contribution in [0.5, 0.6) is 0 Å². The van der Waals surface area contributed by atoms with Crippen LogP contribution in [0, 0.1) is 0 Å². The third-order valence-corrected chi connectivity index (χ3v) is 4.95. The molecule has 0 aliphatic carbocycles. The van der Waals surface area contributed by atoms with Gasteiger partial charge in [-0.25, -0.2) is 4.79 Å². The van der Waals surface area contributed by atoms with Crippen molar-refractivity contribution in [3.63, 3.8) is 0 Å². The molecule has 1 heterocycles. The van der Waals surface area contributed by atoms with Crippen LogP contribution >= 0.6 is 0 Å². The molecule has 1 unspecified atom stereocenters. The van der Waals surface area contributed by atoms with Crippen molar-refractivity contribution < 1.29 is 18.9 Å². The van der Waals surface area contributed by atoms with E-state index in [4.69, 9.17) is 0 Å². The zero-order valence-electron chi connectivity index (χ0n) is 13.6. The summed E-state index contributed by atoms with van der Waals surface area (Å²) in [6, 6.07) is 6.69. The zero-order valence-corrected chi connectivity index (χ0v) is 14.5. The highest BCUT2D eigenvalue weighted by atomic mass is 32.2. The highest BCUT2D eigenvalue weighted by Gasteiger charge is 2.30. The molecule has 0 saturated heterocycles. The second-order valence-electron chi connectivity index (χ2n) is 5.62. The van der Waals surface area contributed by atoms with Gasteiger partial charge in [-0.1, -0.05) is 19.1 Å². The van der Waals surface area contributed by atoms with Crippen LogP contribution < -0.4 is 5.32 Å². The van der Waals surface area contributed by atoms with Gasteiger partial charge in [-0.3, -0.25) is 13.7 Å². The molecule has 0 spiro atoms. The summed E-state index contributed by atoms with van der Waals surface area (Å²) in [4.78, 5) is 24.2. The molecule has 0 aliphatic rings. The van der Waals surface area contributed by atoms with Gasteiger partial charge in [0.1, 0.15) is 0 Å². The van der Waals surface area contributed by atoms with Gasteiger partial charge in [0, 0.05) is 11.9 Å². The number of anilines is 1. The van der Waals surface area contributed by atoms with Crippen LogP contribution in [0.15, 0.2) is 41.6 Å². The van der Waals surface area contributed by atoms with Gasteiger partial charge in [-0.05, 0) is 26.0 Å². The van der Waals surface area contributed by atoms with Gasteiger partial charge in [0.05, 0.1) is 33.1 Å². The molecule has 2 rings (SSSR count). The zero-order chi connectivity index (χ0) is 17.9. The predicted molar refractivity (Wildman–Crippen MR) is 90.5 cm³/mol. The Morgan fingerprint density at radius 2 is 2.00 bits per heavy atom. The summed E-state index contributed by atoms with van der Waals surface area (Å²) in [7, 11) is -1.25. The molecule has 24 heavy (non-hydrogen) atoms. The van der Waals surface area contributed by atoms with Gasteiger partial charge in [-0.2, -0.15) is 5.10 Å². The quantitative estimate of drug-likeness (QED) is 0.831. The minimum Gasteiger partial charge on any atom is -0.479 e. The van der Waals surface area contributed by atoms with Gasteiger partial charge in [0.15, 0.2) is 5.54 Å². The average molecular weight is 349 g/mol. The molecule has 0 radical (unpaired) electrons. The van der Waals surface area contributed by atoms with Gasteiger partial charge in [-0.15, -0.1) is 0 Å². The fraction of sp³-hybridized carbons (Fsp3) is 0.312. The third-order valence-electron chi connectivity index (χ3n) is 3.58. The molecule has 0 saturated carbocycles. The maximum Gasteiger partial charge on any atom is 0.331 e. The third kappa shape index (κ3) is 3.53. The molecule has 2 aromatic rings. The van der Waals surface area contributed by atoms with Crippen LogP contribution in [0.2, 0.25) is 0 Å². The lowest BCUT2D eigenvalue weighted by Crippen LogP contribution is -2.35. The number of carbonyl (C=O) groups is 2. The van der Waals surface area contributed by atoms with Crippen LogP contribution in [-0.4, -0.2) is 36.7 Å². The minimum absolute atomic E-state index is 0.322. The van der Waals surface area contributed by atoms with Crippen molar-refractivity contribution in [2.45, 2.75) is 31.2 Å². The van der Waals surface area contributed by atoms with Crippen LogP contribution in [0.1, 0.15) is 31.1 Å². The van der Waals surface area contributed by atoms with Crippen molar-refractivity contribution in [3.8, 4) is 0 Å². The van der Waals surface area contributed by atoms with Crippen LogP contribution in [-0.2, 0) is 21.1 Å². The molecular formula is C16H19N3O4S. The van der Waals surface area contributed by atoms with E-state index in [0.29, 0.717) is 21.9 Å². The average Bonchev–Trinajstić information content (AvgIpc) is 3.03. The Hall–Kier alpha value is -2.48. The second-order valence-corrected chi connectivity index (χ2v) is 7.33. The minimum atomic E-state index is -1.25. The first-order valence-corrected chi connectivity index (χ1v) is 8.66. The summed E-state index contributed by atoms with van der Waals surface area (Å²) in [6.07, 6.45) is 2.83. The van der Waals surface area contributed by atoms with Crippen molar-refractivity contribution in [1.82, 2.24) is 9.78 Å². The van der Waals surface area contributed by atoms with E-state index < -0.39 is 28.2 Å². The number of nitrogens with zero attached hydrogens (tertiary/aromatic N) is 2. The predicted octanol–water partition coefficient (Wildman–Crippen LogP) is 2.08. The second kappa shape index (κ2) is 6.96. The summed E-state index contributed by atoms with van der Waals surface area (Å²) in [6.45, 7) is 4.80. The number of carboxylic acids is 1. The molecule has 1 amide bonds. The largest absolute Gasteiger partial charge is 0.479 e. The highest BCUT2D eigenvalue weighted by Crippen LogP contribution is 2.19. The maximum absolute atomic E-state index is 12.4. The lowest BCUT2D eigenvalue weighted by molar-refractivity contribution is -0.146. The van der Waals surface area contributed by atoms with Crippen molar-refractivity contribution in [1.29, 1.82) is 0 Å². The number of carbonyl (C=O) groups excluding carboxylic acids is 1. The van der Waals surface area contributed by atoms with E-state index >= 15 is 0 Å². The summed E-state index contributed by atoms with van der Waals surface area (Å²) in [5, 5.41) is 15.9. The molecule has 7 nitrogen and oxygen atoms in total.